The number of phenols is 1. The first-order chi connectivity index (χ1) is 30.5. The molecule has 3 aromatic rings. The quantitative estimate of drug-likeness (QED) is 0.0762. The standard InChI is InChI=1S/C40H52O24/c1-13-25(46)29(50)33(54)37(56-13)62-35-31(52)27(48)22(11-42)60-39(35)64-36-32(53)28(49)23(12-43)61-40(36)63-34-30(51)26(47)21(10-41)59-38(34)57-16-7-17(44)24-18(45)9-19(58-20(24)8-16)14-3-5-15(55-2)6-4-14/h3-9,13,21-23,25-44,46-54H,10-12H2,1-2H3/t13?,21?,22?,23?,25-,26+,27+,28+,29?,30-,31-,32-,33-,34?,35?,36?,37-,38+,39-,40-/m0/s1. The maximum Gasteiger partial charge on any atom is 0.229 e. The highest BCUT2D eigenvalue weighted by molar-refractivity contribution is 5.86. The van der Waals surface area contributed by atoms with Crippen molar-refractivity contribution >= 4 is 11.0 Å². The van der Waals surface area contributed by atoms with E-state index in [0.717, 1.165) is 6.07 Å². The summed E-state index contributed by atoms with van der Waals surface area (Å²) in [5, 5.41) is 139. The van der Waals surface area contributed by atoms with Crippen LogP contribution in [0, 0.1) is 0 Å². The Morgan fingerprint density at radius 3 is 1.53 bits per heavy atom. The number of benzene rings is 2. The van der Waals surface area contributed by atoms with Crippen LogP contribution in [0.15, 0.2) is 51.7 Å². The monoisotopic (exact) mass is 916 g/mol. The molecule has 0 spiro atoms. The molecule has 0 amide bonds. The molecule has 2 aromatic carbocycles. The lowest BCUT2D eigenvalue weighted by Gasteiger charge is -2.49. The fourth-order valence-corrected chi connectivity index (χ4v) is 7.85. The molecule has 356 valence electrons. The minimum Gasteiger partial charge on any atom is -0.507 e. The molecule has 0 bridgehead atoms. The van der Waals surface area contributed by atoms with Gasteiger partial charge >= 0.3 is 0 Å². The molecule has 5 heterocycles. The molecule has 64 heavy (non-hydrogen) atoms. The van der Waals surface area contributed by atoms with E-state index in [1.807, 2.05) is 0 Å². The Morgan fingerprint density at radius 2 is 1.03 bits per heavy atom. The van der Waals surface area contributed by atoms with E-state index in [0.29, 0.717) is 11.3 Å². The summed E-state index contributed by atoms with van der Waals surface area (Å²) in [6.45, 7) is -1.38. The van der Waals surface area contributed by atoms with Crippen LogP contribution < -0.4 is 14.9 Å². The lowest BCUT2D eigenvalue weighted by Crippen LogP contribution is -2.68. The summed E-state index contributed by atoms with van der Waals surface area (Å²) in [6, 6.07) is 9.89. The smallest absolute Gasteiger partial charge is 0.229 e. The summed E-state index contributed by atoms with van der Waals surface area (Å²) in [5.41, 5.74) is -0.324. The van der Waals surface area contributed by atoms with Crippen molar-refractivity contribution in [2.45, 2.75) is 130 Å². The van der Waals surface area contributed by atoms with E-state index < -0.39 is 154 Å². The molecular weight excluding hydrogens is 864 g/mol. The van der Waals surface area contributed by atoms with Gasteiger partial charge in [0.15, 0.2) is 30.4 Å². The van der Waals surface area contributed by atoms with Crippen LogP contribution >= 0.6 is 0 Å². The molecule has 0 radical (unpaired) electrons. The Hall–Kier alpha value is -3.71. The zero-order valence-electron chi connectivity index (χ0n) is 34.0. The first kappa shape index (κ1) is 48.2. The first-order valence-electron chi connectivity index (χ1n) is 20.1. The van der Waals surface area contributed by atoms with Gasteiger partial charge in [-0.2, -0.15) is 0 Å². The molecule has 4 saturated heterocycles. The number of phenolic OH excluding ortho intramolecular Hbond substituents is 1. The third kappa shape index (κ3) is 9.45. The molecule has 4 aliphatic rings. The highest BCUT2D eigenvalue weighted by Gasteiger charge is 2.56. The van der Waals surface area contributed by atoms with Gasteiger partial charge in [-0.3, -0.25) is 4.79 Å². The SMILES string of the molecule is COc1ccc(-c2cc(=O)c3c(O)cc(O[C@@H]4OC(CO)[C@@H](O)[C@H](O)C4O[C@@H]4OC(CO)[C@@H](O)[C@H](O)C4O[C@@H]4OC(CO)[C@@H](O)[C@H](O)C4O[C@@H]4OC(C)[C@H](O)C(O)[C@@H]4O)cc3o2)cc1. The normalized spacial score (nSPS) is 40.6. The number of methoxy groups -OCH3 is 1. The molecule has 24 nitrogen and oxygen atoms in total. The molecule has 0 saturated carbocycles. The number of fused-ring (bicyclic) bond motifs is 1. The largest absolute Gasteiger partial charge is 0.507 e. The van der Waals surface area contributed by atoms with Crippen molar-refractivity contribution in [2.75, 3.05) is 26.9 Å². The van der Waals surface area contributed by atoms with Crippen molar-refractivity contribution in [2.24, 2.45) is 0 Å². The second-order valence-electron chi connectivity index (χ2n) is 15.7. The number of rotatable bonds is 13. The van der Waals surface area contributed by atoms with E-state index in [4.69, 9.17) is 47.0 Å². The van der Waals surface area contributed by atoms with Crippen molar-refractivity contribution in [1.29, 1.82) is 0 Å². The number of aliphatic hydroxyl groups is 12. The van der Waals surface area contributed by atoms with Crippen molar-refractivity contribution < 1.29 is 113 Å². The Labute approximate surface area is 362 Å². The van der Waals surface area contributed by atoms with Gasteiger partial charge in [0.1, 0.15) is 119 Å². The Morgan fingerprint density at radius 1 is 0.547 bits per heavy atom. The lowest BCUT2D eigenvalue weighted by molar-refractivity contribution is -0.403. The molecule has 20 atom stereocenters. The maximum atomic E-state index is 13.2. The number of hydrogen-bond acceptors (Lipinski definition) is 24. The summed E-state index contributed by atoms with van der Waals surface area (Å²) in [5.74, 6) is -0.241. The van der Waals surface area contributed by atoms with Crippen LogP contribution in [0.5, 0.6) is 17.2 Å². The predicted octanol–water partition coefficient (Wildman–Crippen LogP) is -5.15. The van der Waals surface area contributed by atoms with Gasteiger partial charge in [-0.1, -0.05) is 0 Å². The molecule has 7 rings (SSSR count). The fourth-order valence-electron chi connectivity index (χ4n) is 7.85. The van der Waals surface area contributed by atoms with Crippen molar-refractivity contribution in [3.8, 4) is 28.6 Å². The van der Waals surface area contributed by atoms with Crippen molar-refractivity contribution in [3.05, 3.63) is 52.7 Å². The van der Waals surface area contributed by atoms with Crippen LogP contribution in [0.2, 0.25) is 0 Å². The van der Waals surface area contributed by atoms with E-state index in [2.05, 4.69) is 0 Å². The van der Waals surface area contributed by atoms with E-state index in [1.165, 1.54) is 26.2 Å². The summed E-state index contributed by atoms with van der Waals surface area (Å²) in [6.07, 6.45) is -36.6. The molecule has 1 aromatic heterocycles. The molecule has 4 aliphatic heterocycles. The van der Waals surface area contributed by atoms with Crippen LogP contribution in [0.3, 0.4) is 0 Å². The molecule has 24 heteroatoms. The second-order valence-corrected chi connectivity index (χ2v) is 15.7. The highest BCUT2D eigenvalue weighted by atomic mass is 16.8. The summed E-state index contributed by atoms with van der Waals surface area (Å²) in [4.78, 5) is 13.2. The van der Waals surface area contributed by atoms with Crippen LogP contribution in [0.4, 0.5) is 0 Å². The van der Waals surface area contributed by atoms with Gasteiger partial charge in [-0.25, -0.2) is 0 Å². The van der Waals surface area contributed by atoms with Gasteiger partial charge in [-0.15, -0.1) is 0 Å². The minimum absolute atomic E-state index is 0.0979. The summed E-state index contributed by atoms with van der Waals surface area (Å²) < 4.78 is 57.7. The van der Waals surface area contributed by atoms with E-state index in [9.17, 15) is 71.2 Å². The topological polar surface area (TPSA) is 376 Å². The van der Waals surface area contributed by atoms with E-state index in [-0.39, 0.29) is 22.5 Å². The number of ether oxygens (including phenoxy) is 9. The lowest BCUT2D eigenvalue weighted by atomic mass is 9.96. The summed E-state index contributed by atoms with van der Waals surface area (Å²) in [7, 11) is 1.48. The predicted molar refractivity (Wildman–Crippen MR) is 207 cm³/mol. The van der Waals surface area contributed by atoms with Gasteiger partial charge < -0.3 is 113 Å². The zero-order chi connectivity index (χ0) is 46.3. The molecule has 4 fully saturated rings. The average Bonchev–Trinajstić information content (AvgIpc) is 3.28. The number of hydrogen-bond donors (Lipinski definition) is 13. The maximum absolute atomic E-state index is 13.2. The van der Waals surface area contributed by atoms with Crippen molar-refractivity contribution in [3.63, 3.8) is 0 Å². The van der Waals surface area contributed by atoms with Crippen LogP contribution in [-0.4, -0.2) is 216 Å². The Bertz CT molecular complexity index is 2070. The first-order valence-corrected chi connectivity index (χ1v) is 20.1. The molecule has 8 unspecified atom stereocenters. The third-order valence-electron chi connectivity index (χ3n) is 11.6. The van der Waals surface area contributed by atoms with Gasteiger partial charge in [0.25, 0.3) is 0 Å². The zero-order valence-corrected chi connectivity index (χ0v) is 34.0. The highest BCUT2D eigenvalue weighted by Crippen LogP contribution is 2.37. The minimum atomic E-state index is -2.10. The van der Waals surface area contributed by atoms with Gasteiger partial charge in [0, 0.05) is 23.8 Å². The Balaban J connectivity index is 1.20. The van der Waals surface area contributed by atoms with E-state index in [1.54, 1.807) is 24.3 Å². The average molecular weight is 917 g/mol. The molecule has 13 N–H and O–H groups in total. The van der Waals surface area contributed by atoms with Crippen molar-refractivity contribution in [1.82, 2.24) is 0 Å². The molecule has 0 aliphatic carbocycles. The molecular formula is C40H52O24. The van der Waals surface area contributed by atoms with Crippen LogP contribution in [0.1, 0.15) is 6.92 Å². The third-order valence-corrected chi connectivity index (χ3v) is 11.6. The van der Waals surface area contributed by atoms with Crippen LogP contribution in [0.25, 0.3) is 22.3 Å². The number of aromatic hydroxyl groups is 1. The van der Waals surface area contributed by atoms with Gasteiger partial charge in [-0.05, 0) is 31.2 Å². The van der Waals surface area contributed by atoms with Gasteiger partial charge in [0.2, 0.25) is 6.29 Å². The second kappa shape index (κ2) is 20.0. The van der Waals surface area contributed by atoms with E-state index >= 15 is 0 Å². The Kier molecular flexibility index (Phi) is 15.1. The number of aliphatic hydroxyl groups excluding tert-OH is 12. The van der Waals surface area contributed by atoms with Gasteiger partial charge in [0.05, 0.1) is 33.0 Å². The fraction of sp³-hybridized carbons (Fsp3) is 0.625. The van der Waals surface area contributed by atoms with Crippen LogP contribution in [-0.2, 0) is 33.2 Å². The summed E-state index contributed by atoms with van der Waals surface area (Å²) >= 11 is 0.